The highest BCUT2D eigenvalue weighted by Gasteiger charge is 2.19. The molecule has 0 aliphatic carbocycles. The van der Waals surface area contributed by atoms with Crippen LogP contribution < -0.4 is 0 Å². The molecule has 0 aromatic carbocycles. The van der Waals surface area contributed by atoms with Gasteiger partial charge in [0.2, 0.25) is 0 Å². The van der Waals surface area contributed by atoms with Crippen molar-refractivity contribution in [3.05, 3.63) is 18.2 Å². The van der Waals surface area contributed by atoms with Crippen LogP contribution in [-0.2, 0) is 11.3 Å². The Labute approximate surface area is 91.9 Å². The Morgan fingerprint density at radius 2 is 2.06 bits per heavy atom. The minimum absolute atomic E-state index is 0.244. The maximum Gasteiger partial charge on any atom is 0.319 e. The second-order valence-electron chi connectivity index (χ2n) is 3.84. The highest BCUT2D eigenvalue weighted by molar-refractivity contribution is 5.79. The number of aromatic nitrogens is 2. The molecule has 1 aromatic heterocycles. The highest BCUT2D eigenvalue weighted by Crippen LogP contribution is 2.15. The molecule has 0 N–H and O–H groups in total. The van der Waals surface area contributed by atoms with Gasteiger partial charge in [0.25, 0.3) is 0 Å². The molecule has 2 heterocycles. The summed E-state index contributed by atoms with van der Waals surface area (Å²) in [6, 6.07) is 0. The standard InChI is InChI=1S/C10H13F2N3O/c11-10(12)15-6-3-13-9(15)7-14-4-1-8(16)2-5-14/h3,6,10H,1-2,4-5,7H2. The molecule has 0 spiro atoms. The van der Waals surface area contributed by atoms with Gasteiger partial charge in [-0.05, 0) is 0 Å². The molecule has 0 saturated carbocycles. The molecule has 0 bridgehead atoms. The zero-order valence-corrected chi connectivity index (χ0v) is 8.77. The summed E-state index contributed by atoms with van der Waals surface area (Å²) in [7, 11) is 0. The number of nitrogens with zero attached hydrogens (tertiary/aromatic N) is 3. The van der Waals surface area contributed by atoms with Crippen molar-refractivity contribution in [2.75, 3.05) is 13.1 Å². The third-order valence-electron chi connectivity index (χ3n) is 2.74. The van der Waals surface area contributed by atoms with Gasteiger partial charge in [-0.3, -0.25) is 14.3 Å². The van der Waals surface area contributed by atoms with E-state index in [0.29, 0.717) is 38.3 Å². The van der Waals surface area contributed by atoms with Gasteiger partial charge in [-0.15, -0.1) is 0 Å². The number of halogens is 2. The van der Waals surface area contributed by atoms with Gasteiger partial charge in [-0.25, -0.2) is 4.98 Å². The van der Waals surface area contributed by atoms with Crippen LogP contribution >= 0.6 is 0 Å². The molecule has 1 aromatic rings. The summed E-state index contributed by atoms with van der Waals surface area (Å²) in [5, 5.41) is 0. The molecule has 1 aliphatic heterocycles. The number of piperidine rings is 1. The summed E-state index contributed by atoms with van der Waals surface area (Å²) >= 11 is 0. The predicted molar refractivity (Wildman–Crippen MR) is 53.0 cm³/mol. The van der Waals surface area contributed by atoms with E-state index in [-0.39, 0.29) is 5.78 Å². The van der Waals surface area contributed by atoms with E-state index in [0.717, 1.165) is 4.57 Å². The first-order valence-electron chi connectivity index (χ1n) is 5.21. The maximum absolute atomic E-state index is 12.5. The molecular weight excluding hydrogens is 216 g/mol. The molecule has 16 heavy (non-hydrogen) atoms. The van der Waals surface area contributed by atoms with Gasteiger partial charge in [0.1, 0.15) is 11.6 Å². The van der Waals surface area contributed by atoms with Crippen LogP contribution in [0.4, 0.5) is 8.78 Å². The molecule has 0 atom stereocenters. The third-order valence-corrected chi connectivity index (χ3v) is 2.74. The van der Waals surface area contributed by atoms with Gasteiger partial charge in [0.15, 0.2) is 0 Å². The first-order valence-corrected chi connectivity index (χ1v) is 5.21. The monoisotopic (exact) mass is 229 g/mol. The SMILES string of the molecule is O=C1CCN(Cc2nccn2C(F)F)CC1. The molecule has 1 aliphatic rings. The van der Waals surface area contributed by atoms with Crippen molar-refractivity contribution in [1.29, 1.82) is 0 Å². The fourth-order valence-electron chi connectivity index (χ4n) is 1.80. The normalized spacial score (nSPS) is 18.3. The van der Waals surface area contributed by atoms with Gasteiger partial charge >= 0.3 is 6.55 Å². The third kappa shape index (κ3) is 2.44. The van der Waals surface area contributed by atoms with Crippen molar-refractivity contribution < 1.29 is 13.6 Å². The molecule has 0 amide bonds. The molecule has 4 nitrogen and oxygen atoms in total. The maximum atomic E-state index is 12.5. The van der Waals surface area contributed by atoms with Gasteiger partial charge in [-0.1, -0.05) is 0 Å². The van der Waals surface area contributed by atoms with Crippen molar-refractivity contribution in [2.45, 2.75) is 25.9 Å². The zero-order chi connectivity index (χ0) is 11.5. The molecule has 2 rings (SSSR count). The summed E-state index contributed by atoms with van der Waals surface area (Å²) < 4.78 is 25.9. The summed E-state index contributed by atoms with van der Waals surface area (Å²) in [5.41, 5.74) is 0. The molecule has 0 unspecified atom stereocenters. The average Bonchev–Trinajstić information content (AvgIpc) is 2.69. The fraction of sp³-hybridized carbons (Fsp3) is 0.600. The number of hydrogen-bond acceptors (Lipinski definition) is 3. The number of rotatable bonds is 3. The first-order chi connectivity index (χ1) is 7.66. The predicted octanol–water partition coefficient (Wildman–Crippen LogP) is 1.44. The number of hydrogen-bond donors (Lipinski definition) is 0. The summed E-state index contributed by atoms with van der Waals surface area (Å²) in [6.45, 7) is -0.905. The number of Topliss-reactive ketones (excluding diaryl/α,β-unsaturated/α-hetero) is 1. The molecule has 1 fully saturated rings. The van der Waals surface area contributed by atoms with Crippen LogP contribution in [0.2, 0.25) is 0 Å². The molecule has 88 valence electrons. The second-order valence-corrected chi connectivity index (χ2v) is 3.84. The topological polar surface area (TPSA) is 38.1 Å². The Bertz CT molecular complexity index is 368. The second kappa shape index (κ2) is 4.69. The first kappa shape index (κ1) is 11.2. The Morgan fingerprint density at radius 3 is 2.69 bits per heavy atom. The summed E-state index contributed by atoms with van der Waals surface area (Å²) in [4.78, 5) is 16.9. The summed E-state index contributed by atoms with van der Waals surface area (Å²) in [5.74, 6) is 0.595. The van der Waals surface area contributed by atoms with Crippen LogP contribution in [-0.4, -0.2) is 33.3 Å². The van der Waals surface area contributed by atoms with E-state index in [1.165, 1.54) is 12.4 Å². The van der Waals surface area contributed by atoms with E-state index >= 15 is 0 Å². The molecule has 0 radical (unpaired) electrons. The Morgan fingerprint density at radius 1 is 1.38 bits per heavy atom. The fourth-order valence-corrected chi connectivity index (χ4v) is 1.80. The van der Waals surface area contributed by atoms with Crippen LogP contribution in [0, 0.1) is 0 Å². The van der Waals surface area contributed by atoms with E-state index in [9.17, 15) is 13.6 Å². The van der Waals surface area contributed by atoms with Crippen LogP contribution in [0.25, 0.3) is 0 Å². The highest BCUT2D eigenvalue weighted by atomic mass is 19.3. The van der Waals surface area contributed by atoms with Crippen LogP contribution in [0.1, 0.15) is 25.2 Å². The lowest BCUT2D eigenvalue weighted by Gasteiger charge is -2.25. The number of carbonyl (C=O) groups is 1. The summed E-state index contributed by atoms with van der Waals surface area (Å²) in [6.07, 6.45) is 3.66. The number of likely N-dealkylation sites (tertiary alicyclic amines) is 1. The average molecular weight is 229 g/mol. The molecular formula is C10H13F2N3O. The van der Waals surface area contributed by atoms with E-state index in [1.807, 2.05) is 4.90 Å². The van der Waals surface area contributed by atoms with E-state index < -0.39 is 6.55 Å². The van der Waals surface area contributed by atoms with Gasteiger partial charge in [0.05, 0.1) is 6.54 Å². The van der Waals surface area contributed by atoms with Crippen LogP contribution in [0.5, 0.6) is 0 Å². The number of ketones is 1. The molecule has 1 saturated heterocycles. The largest absolute Gasteiger partial charge is 0.319 e. The van der Waals surface area contributed by atoms with Crippen molar-refractivity contribution in [1.82, 2.24) is 14.5 Å². The van der Waals surface area contributed by atoms with Crippen molar-refractivity contribution >= 4 is 5.78 Å². The van der Waals surface area contributed by atoms with Gasteiger partial charge < -0.3 is 0 Å². The lowest BCUT2D eigenvalue weighted by Crippen LogP contribution is -2.34. The van der Waals surface area contributed by atoms with Crippen molar-refractivity contribution in [3.63, 3.8) is 0 Å². The van der Waals surface area contributed by atoms with Crippen molar-refractivity contribution in [3.8, 4) is 0 Å². The number of imidazole rings is 1. The smallest absolute Gasteiger partial charge is 0.300 e. The van der Waals surface area contributed by atoms with Gasteiger partial charge in [-0.2, -0.15) is 8.78 Å². The molecule has 6 heteroatoms. The Balaban J connectivity index is 1.98. The van der Waals surface area contributed by atoms with Gasteiger partial charge in [0, 0.05) is 38.3 Å². The van der Waals surface area contributed by atoms with E-state index in [1.54, 1.807) is 0 Å². The van der Waals surface area contributed by atoms with Crippen LogP contribution in [0.3, 0.4) is 0 Å². The minimum Gasteiger partial charge on any atom is -0.300 e. The number of carbonyl (C=O) groups excluding carboxylic acids is 1. The van der Waals surface area contributed by atoms with Crippen LogP contribution in [0.15, 0.2) is 12.4 Å². The Kier molecular flexibility index (Phi) is 3.28. The van der Waals surface area contributed by atoms with E-state index in [4.69, 9.17) is 0 Å². The quantitative estimate of drug-likeness (QED) is 0.787. The minimum atomic E-state index is -2.55. The zero-order valence-electron chi connectivity index (χ0n) is 8.77. The lowest BCUT2D eigenvalue weighted by atomic mass is 10.1. The Hall–Kier alpha value is -1.30. The lowest BCUT2D eigenvalue weighted by molar-refractivity contribution is -0.121. The van der Waals surface area contributed by atoms with Crippen molar-refractivity contribution in [2.24, 2.45) is 0 Å². The van der Waals surface area contributed by atoms with E-state index in [2.05, 4.69) is 4.98 Å². The number of alkyl halides is 2.